The molecule has 0 bridgehead atoms. The minimum atomic E-state index is -0.228. The molecule has 5 heteroatoms. The maximum atomic E-state index is 11.3. The van der Waals surface area contributed by atoms with E-state index in [9.17, 15) is 4.79 Å². The molecule has 2 aliphatic rings. The van der Waals surface area contributed by atoms with Gasteiger partial charge in [-0.05, 0) is 69.3 Å². The van der Waals surface area contributed by atoms with Crippen LogP contribution >= 0.6 is 0 Å². The third-order valence-corrected chi connectivity index (χ3v) is 5.85. The first-order valence-corrected chi connectivity index (χ1v) is 10.00. The van der Waals surface area contributed by atoms with Crippen LogP contribution in [0, 0.1) is 0 Å². The molecule has 0 atom stereocenters. The van der Waals surface area contributed by atoms with Gasteiger partial charge in [0.25, 0.3) is 0 Å². The Hall–Kier alpha value is -1.59. The van der Waals surface area contributed by atoms with Crippen molar-refractivity contribution in [2.75, 3.05) is 39.5 Å². The number of nitrogens with two attached hydrogens (primary N) is 1. The van der Waals surface area contributed by atoms with Crippen LogP contribution in [-0.2, 0) is 14.9 Å². The van der Waals surface area contributed by atoms with Crippen molar-refractivity contribution >= 4 is 5.91 Å². The van der Waals surface area contributed by atoms with Gasteiger partial charge in [0, 0.05) is 31.6 Å². The molecule has 1 aromatic carbocycles. The van der Waals surface area contributed by atoms with Crippen molar-refractivity contribution in [1.29, 1.82) is 0 Å². The summed E-state index contributed by atoms with van der Waals surface area (Å²) in [6, 6.07) is 8.43. The summed E-state index contributed by atoms with van der Waals surface area (Å²) in [6.07, 6.45) is 6.85. The van der Waals surface area contributed by atoms with Crippen molar-refractivity contribution in [2.45, 2.75) is 50.4 Å². The molecule has 0 spiro atoms. The third kappa shape index (κ3) is 5.21. The largest absolute Gasteiger partial charge is 0.494 e. The van der Waals surface area contributed by atoms with E-state index in [1.54, 1.807) is 0 Å². The molecule has 2 saturated heterocycles. The molecule has 0 radical (unpaired) electrons. The number of ether oxygens (including phenoxy) is 2. The lowest BCUT2D eigenvalue weighted by Gasteiger charge is -2.37. The molecule has 2 fully saturated rings. The molecule has 1 amide bonds. The van der Waals surface area contributed by atoms with Gasteiger partial charge in [-0.15, -0.1) is 0 Å². The van der Waals surface area contributed by atoms with Crippen molar-refractivity contribution in [3.63, 3.8) is 0 Å². The highest BCUT2D eigenvalue weighted by Crippen LogP contribution is 2.39. The Balaban J connectivity index is 1.53. The molecular formula is C21H32N2O3. The second-order valence-corrected chi connectivity index (χ2v) is 7.63. The van der Waals surface area contributed by atoms with Crippen molar-refractivity contribution in [2.24, 2.45) is 5.73 Å². The van der Waals surface area contributed by atoms with Crippen LogP contribution in [0.3, 0.4) is 0 Å². The van der Waals surface area contributed by atoms with Gasteiger partial charge in [-0.3, -0.25) is 4.79 Å². The number of amides is 1. The van der Waals surface area contributed by atoms with Gasteiger partial charge in [-0.1, -0.05) is 12.1 Å². The van der Waals surface area contributed by atoms with Crippen LogP contribution in [0.2, 0.25) is 0 Å². The summed E-state index contributed by atoms with van der Waals surface area (Å²) in [5, 5.41) is 0. The summed E-state index contributed by atoms with van der Waals surface area (Å²) in [4.78, 5) is 13.8. The highest BCUT2D eigenvalue weighted by molar-refractivity contribution is 5.73. The van der Waals surface area contributed by atoms with E-state index in [2.05, 4.69) is 29.2 Å². The molecule has 0 saturated carbocycles. The van der Waals surface area contributed by atoms with Gasteiger partial charge in [0.15, 0.2) is 0 Å². The fraction of sp³-hybridized carbons (Fsp3) is 0.667. The van der Waals surface area contributed by atoms with Gasteiger partial charge >= 0.3 is 0 Å². The van der Waals surface area contributed by atoms with Gasteiger partial charge in [-0.2, -0.15) is 0 Å². The minimum absolute atomic E-state index is 0.00155. The average molecular weight is 360 g/mol. The van der Waals surface area contributed by atoms with Crippen LogP contribution in [-0.4, -0.2) is 50.3 Å². The van der Waals surface area contributed by atoms with Gasteiger partial charge in [-0.25, -0.2) is 0 Å². The summed E-state index contributed by atoms with van der Waals surface area (Å²) in [7, 11) is 0. The van der Waals surface area contributed by atoms with Crippen LogP contribution in [0.5, 0.6) is 5.75 Å². The molecule has 0 unspecified atom stereocenters. The Bertz CT molecular complexity index is 561. The zero-order chi connectivity index (χ0) is 18.2. The van der Waals surface area contributed by atoms with Crippen molar-refractivity contribution in [3.05, 3.63) is 29.8 Å². The lowest BCUT2D eigenvalue weighted by atomic mass is 9.71. The number of hydrogen-bond donors (Lipinski definition) is 1. The molecule has 0 aromatic heterocycles. The van der Waals surface area contributed by atoms with Crippen molar-refractivity contribution < 1.29 is 14.3 Å². The Kier molecular flexibility index (Phi) is 6.92. The summed E-state index contributed by atoms with van der Waals surface area (Å²) in [5.41, 5.74) is 6.66. The van der Waals surface area contributed by atoms with Crippen molar-refractivity contribution in [1.82, 2.24) is 4.90 Å². The van der Waals surface area contributed by atoms with E-state index >= 15 is 0 Å². The first-order valence-electron chi connectivity index (χ1n) is 10.00. The number of primary amides is 1. The monoisotopic (exact) mass is 360 g/mol. The topological polar surface area (TPSA) is 64.8 Å². The fourth-order valence-electron chi connectivity index (χ4n) is 4.20. The number of likely N-dealkylation sites (tertiary alicyclic amines) is 1. The predicted octanol–water partition coefficient (Wildman–Crippen LogP) is 2.87. The zero-order valence-electron chi connectivity index (χ0n) is 15.8. The standard InChI is InChI=1S/C21H32N2O3/c22-20(24)8-9-21(10-16-25-17-11-21)18-4-6-19(7-5-18)26-15-3-14-23-12-1-2-13-23/h4-7H,1-3,8-17H2,(H2,22,24). The number of rotatable bonds is 9. The van der Waals surface area contributed by atoms with E-state index in [0.717, 1.165) is 57.8 Å². The molecule has 0 aliphatic carbocycles. The van der Waals surface area contributed by atoms with Crippen LogP contribution in [0.15, 0.2) is 24.3 Å². The molecule has 2 aliphatic heterocycles. The van der Waals surface area contributed by atoms with Crippen LogP contribution in [0.4, 0.5) is 0 Å². The molecule has 26 heavy (non-hydrogen) atoms. The second-order valence-electron chi connectivity index (χ2n) is 7.63. The van der Waals surface area contributed by atoms with Gasteiger partial charge in [0.05, 0.1) is 6.61 Å². The first-order chi connectivity index (χ1) is 12.7. The first kappa shape index (κ1) is 19.2. The van der Waals surface area contributed by atoms with Crippen LogP contribution in [0.1, 0.15) is 50.5 Å². The second kappa shape index (κ2) is 9.38. The SMILES string of the molecule is NC(=O)CCC1(c2ccc(OCCCN3CCCC3)cc2)CCOCC1. The smallest absolute Gasteiger partial charge is 0.217 e. The molecule has 144 valence electrons. The predicted molar refractivity (Wildman–Crippen MR) is 102 cm³/mol. The Labute approximate surface area is 156 Å². The maximum absolute atomic E-state index is 11.3. The lowest BCUT2D eigenvalue weighted by molar-refractivity contribution is -0.118. The quantitative estimate of drug-likeness (QED) is 0.688. The van der Waals surface area contributed by atoms with E-state index in [-0.39, 0.29) is 11.3 Å². The summed E-state index contributed by atoms with van der Waals surface area (Å²) in [6.45, 7) is 5.86. The van der Waals surface area contributed by atoms with E-state index in [4.69, 9.17) is 15.2 Å². The molecule has 1 aromatic rings. The molecule has 5 nitrogen and oxygen atoms in total. The Morgan fingerprint density at radius 2 is 1.85 bits per heavy atom. The van der Waals surface area contributed by atoms with Gasteiger partial charge < -0.3 is 20.1 Å². The molecule has 2 heterocycles. The maximum Gasteiger partial charge on any atom is 0.217 e. The van der Waals surface area contributed by atoms with Crippen molar-refractivity contribution in [3.8, 4) is 5.75 Å². The highest BCUT2D eigenvalue weighted by atomic mass is 16.5. The van der Waals surface area contributed by atoms with E-state index in [0.29, 0.717) is 6.42 Å². The number of carbonyl (C=O) groups excluding carboxylic acids is 1. The minimum Gasteiger partial charge on any atom is -0.494 e. The normalized spacial score (nSPS) is 20.2. The molecule has 3 rings (SSSR count). The van der Waals surface area contributed by atoms with E-state index in [1.807, 2.05) is 0 Å². The third-order valence-electron chi connectivity index (χ3n) is 5.85. The van der Waals surface area contributed by atoms with Gasteiger partial charge in [0.1, 0.15) is 5.75 Å². The van der Waals surface area contributed by atoms with Crippen LogP contribution < -0.4 is 10.5 Å². The summed E-state index contributed by atoms with van der Waals surface area (Å²) < 4.78 is 11.5. The average Bonchev–Trinajstić information content (AvgIpc) is 3.18. The number of nitrogens with zero attached hydrogens (tertiary/aromatic N) is 1. The highest BCUT2D eigenvalue weighted by Gasteiger charge is 2.34. The van der Waals surface area contributed by atoms with E-state index in [1.165, 1.54) is 31.5 Å². The molecule has 2 N–H and O–H groups in total. The zero-order valence-corrected chi connectivity index (χ0v) is 15.8. The fourth-order valence-corrected chi connectivity index (χ4v) is 4.20. The summed E-state index contributed by atoms with van der Waals surface area (Å²) in [5.74, 6) is 0.695. The van der Waals surface area contributed by atoms with E-state index < -0.39 is 0 Å². The number of carbonyl (C=O) groups is 1. The van der Waals surface area contributed by atoms with Crippen LogP contribution in [0.25, 0.3) is 0 Å². The van der Waals surface area contributed by atoms with Gasteiger partial charge in [0.2, 0.25) is 5.91 Å². The Morgan fingerprint density at radius 3 is 2.50 bits per heavy atom. The lowest BCUT2D eigenvalue weighted by Crippen LogP contribution is -2.35. The number of hydrogen-bond acceptors (Lipinski definition) is 4. The Morgan fingerprint density at radius 1 is 1.15 bits per heavy atom. The molecular weight excluding hydrogens is 328 g/mol. The number of benzene rings is 1. The summed E-state index contributed by atoms with van der Waals surface area (Å²) >= 11 is 0.